The standard InChI is InChI=1S/C12H20N2O4S/c1-3-9-4-5-10(13)6-12(9)19(16,17)14-7-11(15)8-18-2/h4-6,11,14-15H,3,7-8,13H2,1-2H3. The van der Waals surface area contributed by atoms with Crippen molar-refractivity contribution in [3.05, 3.63) is 23.8 Å². The average molecular weight is 288 g/mol. The summed E-state index contributed by atoms with van der Waals surface area (Å²) in [6, 6.07) is 4.77. The molecule has 0 saturated carbocycles. The van der Waals surface area contributed by atoms with Crippen LogP contribution in [0.15, 0.2) is 23.1 Å². The molecule has 0 bridgehead atoms. The van der Waals surface area contributed by atoms with Gasteiger partial charge in [-0.05, 0) is 24.1 Å². The number of benzene rings is 1. The maximum atomic E-state index is 12.2. The molecular formula is C12H20N2O4S. The number of aliphatic hydroxyl groups excluding tert-OH is 1. The Bertz CT molecular complexity index is 516. The Kier molecular flexibility index (Phi) is 5.74. The van der Waals surface area contributed by atoms with Crippen LogP contribution >= 0.6 is 0 Å². The van der Waals surface area contributed by atoms with Crippen LogP contribution in [0.25, 0.3) is 0 Å². The van der Waals surface area contributed by atoms with Crippen LogP contribution in [0.4, 0.5) is 5.69 Å². The van der Waals surface area contributed by atoms with Gasteiger partial charge in [-0.3, -0.25) is 0 Å². The molecule has 0 saturated heterocycles. The van der Waals surface area contributed by atoms with E-state index in [1.807, 2.05) is 6.92 Å². The Labute approximate surface area is 113 Å². The average Bonchev–Trinajstić information content (AvgIpc) is 2.37. The van der Waals surface area contributed by atoms with Crippen LogP contribution in [0, 0.1) is 0 Å². The van der Waals surface area contributed by atoms with Crippen LogP contribution in [-0.4, -0.2) is 39.9 Å². The highest BCUT2D eigenvalue weighted by Crippen LogP contribution is 2.19. The van der Waals surface area contributed by atoms with E-state index >= 15 is 0 Å². The van der Waals surface area contributed by atoms with Crippen LogP contribution in [0.5, 0.6) is 0 Å². The summed E-state index contributed by atoms with van der Waals surface area (Å²) in [5.41, 5.74) is 6.69. The van der Waals surface area contributed by atoms with Crippen molar-refractivity contribution >= 4 is 15.7 Å². The molecule has 0 heterocycles. The smallest absolute Gasteiger partial charge is 0.241 e. The number of nitrogen functional groups attached to an aromatic ring is 1. The van der Waals surface area contributed by atoms with E-state index in [9.17, 15) is 13.5 Å². The molecule has 6 nitrogen and oxygen atoms in total. The minimum Gasteiger partial charge on any atom is -0.399 e. The van der Waals surface area contributed by atoms with Gasteiger partial charge >= 0.3 is 0 Å². The lowest BCUT2D eigenvalue weighted by atomic mass is 10.1. The number of nitrogens with two attached hydrogens (primary N) is 1. The summed E-state index contributed by atoms with van der Waals surface area (Å²) in [4.78, 5) is 0.152. The first-order valence-electron chi connectivity index (χ1n) is 5.95. The summed E-state index contributed by atoms with van der Waals surface area (Å²) < 4.78 is 31.4. The van der Waals surface area contributed by atoms with Gasteiger partial charge in [-0.1, -0.05) is 13.0 Å². The molecular weight excluding hydrogens is 268 g/mol. The van der Waals surface area contributed by atoms with Crippen LogP contribution in [0.1, 0.15) is 12.5 Å². The zero-order chi connectivity index (χ0) is 14.5. The normalized spacial score (nSPS) is 13.4. The third-order valence-electron chi connectivity index (χ3n) is 2.63. The van der Waals surface area contributed by atoms with Gasteiger partial charge in [0.15, 0.2) is 0 Å². The molecule has 0 aromatic heterocycles. The topological polar surface area (TPSA) is 102 Å². The van der Waals surface area contributed by atoms with E-state index in [0.717, 1.165) is 0 Å². The van der Waals surface area contributed by atoms with Gasteiger partial charge in [-0.25, -0.2) is 13.1 Å². The van der Waals surface area contributed by atoms with E-state index < -0.39 is 16.1 Å². The van der Waals surface area contributed by atoms with E-state index in [-0.39, 0.29) is 18.0 Å². The van der Waals surface area contributed by atoms with E-state index in [2.05, 4.69) is 4.72 Å². The van der Waals surface area contributed by atoms with Crippen molar-refractivity contribution in [3.8, 4) is 0 Å². The molecule has 1 atom stereocenters. The molecule has 7 heteroatoms. The lowest BCUT2D eigenvalue weighted by molar-refractivity contribution is 0.0679. The van der Waals surface area contributed by atoms with E-state index in [1.165, 1.54) is 13.2 Å². The third-order valence-corrected chi connectivity index (χ3v) is 4.14. The number of aliphatic hydroxyl groups is 1. The number of anilines is 1. The molecule has 0 aliphatic rings. The molecule has 0 spiro atoms. The fourth-order valence-corrected chi connectivity index (χ4v) is 3.06. The SMILES string of the molecule is CCc1ccc(N)cc1S(=O)(=O)NCC(O)COC. The first-order valence-corrected chi connectivity index (χ1v) is 7.44. The second-order valence-corrected chi connectivity index (χ2v) is 5.92. The summed E-state index contributed by atoms with van der Waals surface area (Å²) >= 11 is 0. The Balaban J connectivity index is 2.91. The fourth-order valence-electron chi connectivity index (χ4n) is 1.65. The van der Waals surface area contributed by atoms with Crippen molar-refractivity contribution in [1.82, 2.24) is 4.72 Å². The largest absolute Gasteiger partial charge is 0.399 e. The van der Waals surface area contributed by atoms with Crippen LogP contribution in [0.2, 0.25) is 0 Å². The maximum Gasteiger partial charge on any atom is 0.241 e. The van der Waals surface area contributed by atoms with Crippen LogP contribution in [0.3, 0.4) is 0 Å². The zero-order valence-corrected chi connectivity index (χ0v) is 11.9. The van der Waals surface area contributed by atoms with Crippen molar-refractivity contribution in [3.63, 3.8) is 0 Å². The molecule has 108 valence electrons. The molecule has 0 radical (unpaired) electrons. The van der Waals surface area contributed by atoms with Crippen molar-refractivity contribution in [1.29, 1.82) is 0 Å². The van der Waals surface area contributed by atoms with Crippen LogP contribution in [-0.2, 0) is 21.2 Å². The highest BCUT2D eigenvalue weighted by molar-refractivity contribution is 7.89. The number of hydrogen-bond acceptors (Lipinski definition) is 5. The quantitative estimate of drug-likeness (QED) is 0.618. The molecule has 1 unspecified atom stereocenters. The molecule has 1 aromatic carbocycles. The molecule has 0 aliphatic heterocycles. The van der Waals surface area contributed by atoms with Gasteiger partial charge in [0.2, 0.25) is 10.0 Å². The minimum absolute atomic E-state index is 0.0695. The second kappa shape index (κ2) is 6.85. The highest BCUT2D eigenvalue weighted by atomic mass is 32.2. The van der Waals surface area contributed by atoms with E-state index in [4.69, 9.17) is 10.5 Å². The van der Waals surface area contributed by atoms with Crippen molar-refractivity contribution in [2.75, 3.05) is 26.0 Å². The van der Waals surface area contributed by atoms with Crippen molar-refractivity contribution < 1.29 is 18.3 Å². The summed E-state index contributed by atoms with van der Waals surface area (Å²) in [7, 11) is -2.25. The predicted octanol–water partition coefficient (Wildman–Crippen LogP) is 0.117. The zero-order valence-electron chi connectivity index (χ0n) is 11.1. The molecule has 4 N–H and O–H groups in total. The lowest BCUT2D eigenvalue weighted by Crippen LogP contribution is -2.34. The summed E-state index contributed by atoms with van der Waals surface area (Å²) in [6.07, 6.45) is -0.303. The molecule has 1 aromatic rings. The van der Waals surface area contributed by atoms with Gasteiger partial charge in [-0.15, -0.1) is 0 Å². The number of hydrogen-bond donors (Lipinski definition) is 3. The minimum atomic E-state index is -3.68. The van der Waals surface area contributed by atoms with Crippen molar-refractivity contribution in [2.24, 2.45) is 0 Å². The highest BCUT2D eigenvalue weighted by Gasteiger charge is 2.19. The molecule has 19 heavy (non-hydrogen) atoms. The van der Waals surface area contributed by atoms with Gasteiger partial charge in [0, 0.05) is 19.3 Å². The van der Waals surface area contributed by atoms with Gasteiger partial charge in [0.1, 0.15) is 0 Å². The second-order valence-electron chi connectivity index (χ2n) is 4.18. The third kappa shape index (κ3) is 4.46. The summed E-state index contributed by atoms with van der Waals surface area (Å²) in [6.45, 7) is 1.83. The van der Waals surface area contributed by atoms with Gasteiger partial charge in [-0.2, -0.15) is 0 Å². The lowest BCUT2D eigenvalue weighted by Gasteiger charge is -2.14. The van der Waals surface area contributed by atoms with Gasteiger partial charge in [0.05, 0.1) is 17.6 Å². The number of ether oxygens (including phenoxy) is 1. The molecule has 0 amide bonds. The predicted molar refractivity (Wildman–Crippen MR) is 73.3 cm³/mol. The Morgan fingerprint density at radius 3 is 2.74 bits per heavy atom. The van der Waals surface area contributed by atoms with E-state index in [0.29, 0.717) is 17.7 Å². The number of aryl methyl sites for hydroxylation is 1. The van der Waals surface area contributed by atoms with Gasteiger partial charge in [0.25, 0.3) is 0 Å². The number of methoxy groups -OCH3 is 1. The first kappa shape index (κ1) is 15.9. The molecule has 1 rings (SSSR count). The summed E-state index contributed by atoms with van der Waals surface area (Å²) in [5.74, 6) is 0. The van der Waals surface area contributed by atoms with Gasteiger partial charge < -0.3 is 15.6 Å². The Morgan fingerprint density at radius 2 is 2.16 bits per heavy atom. The monoisotopic (exact) mass is 288 g/mol. The number of sulfonamides is 1. The van der Waals surface area contributed by atoms with Crippen molar-refractivity contribution in [2.45, 2.75) is 24.3 Å². The Hall–Kier alpha value is -1.15. The number of rotatable bonds is 7. The molecule has 0 aliphatic carbocycles. The first-order chi connectivity index (χ1) is 8.90. The number of nitrogens with one attached hydrogen (secondary N) is 1. The maximum absolute atomic E-state index is 12.2. The summed E-state index contributed by atoms with van der Waals surface area (Å²) in [5, 5.41) is 9.46. The Morgan fingerprint density at radius 1 is 1.47 bits per heavy atom. The van der Waals surface area contributed by atoms with E-state index in [1.54, 1.807) is 12.1 Å². The van der Waals surface area contributed by atoms with Crippen LogP contribution < -0.4 is 10.5 Å². The fraction of sp³-hybridized carbons (Fsp3) is 0.500. The molecule has 0 fully saturated rings.